The molecule has 0 heterocycles. The molecule has 0 aliphatic carbocycles. The van der Waals surface area contributed by atoms with Crippen molar-refractivity contribution in [3.05, 3.63) is 71.8 Å². The van der Waals surface area contributed by atoms with E-state index in [0.29, 0.717) is 5.56 Å². The number of hydrogen-bond donors (Lipinski definition) is 2. The molecule has 2 N–H and O–H groups in total. The highest BCUT2D eigenvalue weighted by Gasteiger charge is 2.42. The molecule has 0 amide bonds. The summed E-state index contributed by atoms with van der Waals surface area (Å²) in [6.07, 6.45) is 0. The highest BCUT2D eigenvalue weighted by atomic mass is 16.4. The summed E-state index contributed by atoms with van der Waals surface area (Å²) in [7, 11) is 0. The maximum Gasteiger partial charge on any atom is 0.179 e. The molecule has 0 radical (unpaired) electrons. The number of benzene rings is 2. The van der Waals surface area contributed by atoms with Crippen LogP contribution in [-0.2, 0) is 5.60 Å². The molecule has 0 aliphatic heterocycles. The van der Waals surface area contributed by atoms with Crippen LogP contribution in [0.3, 0.4) is 0 Å². The smallest absolute Gasteiger partial charge is 0.179 e. The minimum absolute atomic E-state index is 0.580. The monoisotopic (exact) mass is 266 g/mol. The molecule has 0 aromatic heterocycles. The molecule has 0 bridgehead atoms. The fraction of sp³-hybridized carbons (Fsp3) is 0.222. The zero-order valence-corrected chi connectivity index (χ0v) is 11.7. The van der Waals surface area contributed by atoms with Crippen molar-refractivity contribution in [1.29, 1.82) is 0 Å². The Labute approximate surface area is 119 Å². The van der Waals surface area contributed by atoms with Crippen LogP contribution < -0.4 is 0 Å². The third-order valence-corrected chi connectivity index (χ3v) is 3.24. The molecule has 2 aromatic rings. The molecule has 2 rings (SSSR count). The van der Waals surface area contributed by atoms with Gasteiger partial charge in [-0.15, -0.1) is 0 Å². The predicted molar refractivity (Wildman–Crippen MR) is 80.0 cm³/mol. The van der Waals surface area contributed by atoms with Gasteiger partial charge in [-0.3, -0.25) is 0 Å². The Morgan fingerprint density at radius 3 is 1.80 bits per heavy atom. The topological polar surface area (TPSA) is 40.5 Å². The Morgan fingerprint density at radius 1 is 0.800 bits per heavy atom. The number of hydrogen-bond acceptors (Lipinski definition) is 2. The van der Waals surface area contributed by atoms with E-state index in [2.05, 4.69) is 11.8 Å². The standard InChI is InChI=1S/C18H18O2/c1-17(2,19)18(20,16-11-7-4-8-12-16)14-13-15-9-5-3-6-10-15/h3-12,19-20H,1-2H3. The summed E-state index contributed by atoms with van der Waals surface area (Å²) < 4.78 is 0. The van der Waals surface area contributed by atoms with Gasteiger partial charge >= 0.3 is 0 Å². The molecule has 2 aromatic carbocycles. The second-order valence-electron chi connectivity index (χ2n) is 5.25. The van der Waals surface area contributed by atoms with Crippen LogP contribution >= 0.6 is 0 Å². The van der Waals surface area contributed by atoms with Gasteiger partial charge in [-0.05, 0) is 31.5 Å². The first-order valence-corrected chi connectivity index (χ1v) is 6.52. The van der Waals surface area contributed by atoms with E-state index in [1.807, 2.05) is 48.5 Å². The molecule has 1 unspecified atom stereocenters. The van der Waals surface area contributed by atoms with Crippen molar-refractivity contribution in [3.8, 4) is 11.8 Å². The summed E-state index contributed by atoms with van der Waals surface area (Å²) >= 11 is 0. The Bertz CT molecular complexity index is 615. The Balaban J connectivity index is 2.48. The van der Waals surface area contributed by atoms with Crippen molar-refractivity contribution in [3.63, 3.8) is 0 Å². The van der Waals surface area contributed by atoms with Crippen LogP contribution in [0.1, 0.15) is 25.0 Å². The molecule has 0 aliphatic rings. The molecule has 0 fully saturated rings. The van der Waals surface area contributed by atoms with Crippen LogP contribution in [0.4, 0.5) is 0 Å². The molecule has 0 spiro atoms. The maximum absolute atomic E-state index is 10.9. The number of rotatable bonds is 2. The van der Waals surface area contributed by atoms with E-state index in [9.17, 15) is 10.2 Å². The normalized spacial score (nSPS) is 14.0. The van der Waals surface area contributed by atoms with Gasteiger partial charge in [-0.1, -0.05) is 60.4 Å². The van der Waals surface area contributed by atoms with Crippen molar-refractivity contribution in [2.45, 2.75) is 25.0 Å². The van der Waals surface area contributed by atoms with E-state index < -0.39 is 11.2 Å². The van der Waals surface area contributed by atoms with Crippen LogP contribution in [0.25, 0.3) is 0 Å². The van der Waals surface area contributed by atoms with Gasteiger partial charge in [0.25, 0.3) is 0 Å². The first-order valence-electron chi connectivity index (χ1n) is 6.52. The average molecular weight is 266 g/mol. The van der Waals surface area contributed by atoms with Gasteiger partial charge in [0, 0.05) is 5.56 Å². The average Bonchev–Trinajstić information content (AvgIpc) is 2.45. The van der Waals surface area contributed by atoms with E-state index in [1.165, 1.54) is 0 Å². The molecule has 102 valence electrons. The molecule has 2 nitrogen and oxygen atoms in total. The highest BCUT2D eigenvalue weighted by Crippen LogP contribution is 2.32. The first-order chi connectivity index (χ1) is 9.43. The summed E-state index contributed by atoms with van der Waals surface area (Å²) in [6, 6.07) is 18.4. The van der Waals surface area contributed by atoms with Crippen LogP contribution in [0.5, 0.6) is 0 Å². The lowest BCUT2D eigenvalue weighted by atomic mass is 9.80. The quantitative estimate of drug-likeness (QED) is 0.820. The van der Waals surface area contributed by atoms with Crippen LogP contribution in [0, 0.1) is 11.8 Å². The zero-order chi connectivity index (χ0) is 14.6. The number of aliphatic hydroxyl groups is 2. The lowest BCUT2D eigenvalue weighted by Crippen LogP contribution is -2.46. The Hall–Kier alpha value is -2.08. The summed E-state index contributed by atoms with van der Waals surface area (Å²) in [6.45, 7) is 3.11. The third kappa shape index (κ3) is 2.91. The van der Waals surface area contributed by atoms with E-state index >= 15 is 0 Å². The minimum Gasteiger partial charge on any atom is -0.386 e. The fourth-order valence-electron chi connectivity index (χ4n) is 1.94. The maximum atomic E-state index is 10.9. The second-order valence-corrected chi connectivity index (χ2v) is 5.25. The zero-order valence-electron chi connectivity index (χ0n) is 11.7. The predicted octanol–water partition coefficient (Wildman–Crippen LogP) is 2.70. The van der Waals surface area contributed by atoms with E-state index in [4.69, 9.17) is 0 Å². The summed E-state index contributed by atoms with van der Waals surface area (Å²) in [5.74, 6) is 5.75. The van der Waals surface area contributed by atoms with E-state index in [1.54, 1.807) is 26.0 Å². The lowest BCUT2D eigenvalue weighted by molar-refractivity contribution is -0.0983. The highest BCUT2D eigenvalue weighted by molar-refractivity contribution is 5.41. The van der Waals surface area contributed by atoms with Crippen LogP contribution in [0.15, 0.2) is 60.7 Å². The van der Waals surface area contributed by atoms with Crippen molar-refractivity contribution < 1.29 is 10.2 Å². The summed E-state index contributed by atoms with van der Waals surface area (Å²) in [4.78, 5) is 0. The van der Waals surface area contributed by atoms with Crippen LogP contribution in [0.2, 0.25) is 0 Å². The summed E-state index contributed by atoms with van der Waals surface area (Å²) in [5, 5.41) is 21.2. The molecule has 0 saturated heterocycles. The van der Waals surface area contributed by atoms with Crippen molar-refractivity contribution in [2.75, 3.05) is 0 Å². The van der Waals surface area contributed by atoms with Crippen molar-refractivity contribution in [1.82, 2.24) is 0 Å². The van der Waals surface area contributed by atoms with Gasteiger partial charge in [0.15, 0.2) is 5.60 Å². The van der Waals surface area contributed by atoms with Gasteiger partial charge in [0.05, 0.1) is 0 Å². The van der Waals surface area contributed by atoms with Crippen LogP contribution in [-0.4, -0.2) is 15.8 Å². The van der Waals surface area contributed by atoms with Crippen molar-refractivity contribution in [2.24, 2.45) is 0 Å². The Kier molecular flexibility index (Phi) is 3.94. The van der Waals surface area contributed by atoms with Crippen molar-refractivity contribution >= 4 is 0 Å². The van der Waals surface area contributed by atoms with Gasteiger partial charge in [0.2, 0.25) is 0 Å². The molecular formula is C18H18O2. The molecule has 0 saturated carbocycles. The SMILES string of the molecule is CC(C)(O)C(O)(C#Cc1ccccc1)c1ccccc1. The minimum atomic E-state index is -1.62. The van der Waals surface area contributed by atoms with E-state index in [0.717, 1.165) is 5.56 Å². The fourth-order valence-corrected chi connectivity index (χ4v) is 1.94. The molecule has 20 heavy (non-hydrogen) atoms. The third-order valence-electron chi connectivity index (χ3n) is 3.24. The first kappa shape index (κ1) is 14.3. The van der Waals surface area contributed by atoms with Gasteiger partial charge < -0.3 is 10.2 Å². The lowest BCUT2D eigenvalue weighted by Gasteiger charge is -2.34. The summed E-state index contributed by atoms with van der Waals surface area (Å²) in [5.41, 5.74) is -1.62. The molecule has 2 heteroatoms. The van der Waals surface area contributed by atoms with E-state index in [-0.39, 0.29) is 0 Å². The Morgan fingerprint density at radius 2 is 1.30 bits per heavy atom. The van der Waals surface area contributed by atoms with Gasteiger partial charge in [-0.25, -0.2) is 0 Å². The molecular weight excluding hydrogens is 248 g/mol. The largest absolute Gasteiger partial charge is 0.386 e. The second kappa shape index (κ2) is 5.50. The van der Waals surface area contributed by atoms with Gasteiger partial charge in [0.1, 0.15) is 5.60 Å². The van der Waals surface area contributed by atoms with Gasteiger partial charge in [-0.2, -0.15) is 0 Å². The molecule has 1 atom stereocenters.